The van der Waals surface area contributed by atoms with Crippen molar-refractivity contribution in [3.8, 4) is 11.3 Å². The molecule has 2 aromatic heterocycles. The van der Waals surface area contributed by atoms with Crippen LogP contribution in [-0.4, -0.2) is 27.2 Å². The van der Waals surface area contributed by atoms with E-state index in [-0.39, 0.29) is 11.8 Å². The Morgan fingerprint density at radius 3 is 2.83 bits per heavy atom. The third-order valence-electron chi connectivity index (χ3n) is 3.55. The Morgan fingerprint density at radius 1 is 1.35 bits per heavy atom. The summed E-state index contributed by atoms with van der Waals surface area (Å²) in [5.74, 6) is 0.111. The lowest BCUT2D eigenvalue weighted by molar-refractivity contribution is 0.0951. The van der Waals surface area contributed by atoms with E-state index in [0.29, 0.717) is 12.1 Å². The van der Waals surface area contributed by atoms with Gasteiger partial charge in [-0.05, 0) is 12.1 Å². The SMILES string of the molecule is CC(CNC(=O)c1ccccc1)c1nc(-c2cnn(C)c2)cs1. The molecule has 0 aliphatic carbocycles. The number of carbonyl (C=O) groups is 1. The van der Waals surface area contributed by atoms with E-state index >= 15 is 0 Å². The molecule has 23 heavy (non-hydrogen) atoms. The summed E-state index contributed by atoms with van der Waals surface area (Å²) in [6.45, 7) is 2.63. The lowest BCUT2D eigenvalue weighted by atomic mass is 10.1. The zero-order valence-electron chi connectivity index (χ0n) is 13.1. The maximum Gasteiger partial charge on any atom is 0.251 e. The molecule has 3 aromatic rings. The van der Waals surface area contributed by atoms with Crippen LogP contribution < -0.4 is 5.32 Å². The molecule has 0 radical (unpaired) electrons. The van der Waals surface area contributed by atoms with Crippen molar-refractivity contribution in [2.75, 3.05) is 6.54 Å². The van der Waals surface area contributed by atoms with Crippen LogP contribution in [-0.2, 0) is 7.05 Å². The molecule has 118 valence electrons. The van der Waals surface area contributed by atoms with E-state index in [1.807, 2.05) is 49.0 Å². The molecule has 1 N–H and O–H groups in total. The number of carbonyl (C=O) groups excluding carboxylic acids is 1. The van der Waals surface area contributed by atoms with Crippen LogP contribution in [0.2, 0.25) is 0 Å². The first kappa shape index (κ1) is 15.4. The third kappa shape index (κ3) is 3.65. The number of benzene rings is 1. The average Bonchev–Trinajstić information content (AvgIpc) is 3.22. The van der Waals surface area contributed by atoms with Gasteiger partial charge in [-0.1, -0.05) is 25.1 Å². The summed E-state index contributed by atoms with van der Waals surface area (Å²) < 4.78 is 1.76. The van der Waals surface area contributed by atoms with Crippen LogP contribution in [0, 0.1) is 0 Å². The second kappa shape index (κ2) is 6.75. The number of hydrogen-bond donors (Lipinski definition) is 1. The van der Waals surface area contributed by atoms with E-state index in [1.54, 1.807) is 22.2 Å². The number of amides is 1. The van der Waals surface area contributed by atoms with Gasteiger partial charge in [0.25, 0.3) is 5.91 Å². The fourth-order valence-corrected chi connectivity index (χ4v) is 3.11. The van der Waals surface area contributed by atoms with Gasteiger partial charge in [-0.2, -0.15) is 5.10 Å². The van der Waals surface area contributed by atoms with Crippen molar-refractivity contribution in [3.63, 3.8) is 0 Å². The standard InChI is InChI=1S/C17H18N4OS/c1-12(8-18-16(22)13-6-4-3-5-7-13)17-20-15(11-23-17)14-9-19-21(2)10-14/h3-7,9-12H,8H2,1-2H3,(H,18,22). The van der Waals surface area contributed by atoms with E-state index in [2.05, 4.69) is 22.3 Å². The summed E-state index contributed by atoms with van der Waals surface area (Å²) >= 11 is 1.61. The molecule has 0 spiro atoms. The highest BCUT2D eigenvalue weighted by Gasteiger charge is 2.14. The van der Waals surface area contributed by atoms with Gasteiger partial charge in [0.1, 0.15) is 0 Å². The van der Waals surface area contributed by atoms with Crippen LogP contribution in [0.25, 0.3) is 11.3 Å². The second-order valence-electron chi connectivity index (χ2n) is 5.45. The molecule has 2 heterocycles. The van der Waals surface area contributed by atoms with Crippen molar-refractivity contribution in [3.05, 3.63) is 58.7 Å². The number of rotatable bonds is 5. The van der Waals surface area contributed by atoms with Crippen molar-refractivity contribution in [1.29, 1.82) is 0 Å². The summed E-state index contributed by atoms with van der Waals surface area (Å²) in [5.41, 5.74) is 2.62. The van der Waals surface area contributed by atoms with Gasteiger partial charge in [-0.3, -0.25) is 9.48 Å². The van der Waals surface area contributed by atoms with E-state index in [9.17, 15) is 4.79 Å². The average molecular weight is 326 g/mol. The largest absolute Gasteiger partial charge is 0.351 e. The maximum atomic E-state index is 12.1. The van der Waals surface area contributed by atoms with Crippen LogP contribution in [0.3, 0.4) is 0 Å². The Kier molecular flexibility index (Phi) is 4.52. The maximum absolute atomic E-state index is 12.1. The van der Waals surface area contributed by atoms with Crippen LogP contribution in [0.15, 0.2) is 48.1 Å². The zero-order valence-corrected chi connectivity index (χ0v) is 13.9. The first-order chi connectivity index (χ1) is 11.1. The minimum absolute atomic E-state index is 0.0542. The van der Waals surface area contributed by atoms with Crippen molar-refractivity contribution in [2.45, 2.75) is 12.8 Å². The lowest BCUT2D eigenvalue weighted by Gasteiger charge is -2.10. The Bertz CT molecular complexity index is 794. The molecular weight excluding hydrogens is 308 g/mol. The van der Waals surface area contributed by atoms with Crippen molar-refractivity contribution in [1.82, 2.24) is 20.1 Å². The second-order valence-corrected chi connectivity index (χ2v) is 6.34. The van der Waals surface area contributed by atoms with Gasteiger partial charge in [0.05, 0.1) is 16.9 Å². The van der Waals surface area contributed by atoms with Gasteiger partial charge in [-0.15, -0.1) is 11.3 Å². The highest BCUT2D eigenvalue weighted by Crippen LogP contribution is 2.25. The minimum atomic E-state index is -0.0542. The Hall–Kier alpha value is -2.47. The van der Waals surface area contributed by atoms with E-state index < -0.39 is 0 Å². The zero-order chi connectivity index (χ0) is 16.2. The van der Waals surface area contributed by atoms with Gasteiger partial charge in [-0.25, -0.2) is 4.98 Å². The third-order valence-corrected chi connectivity index (χ3v) is 4.63. The quantitative estimate of drug-likeness (QED) is 0.784. The van der Waals surface area contributed by atoms with Gasteiger partial charge in [0, 0.05) is 42.2 Å². The molecule has 1 amide bonds. The Morgan fingerprint density at radius 2 is 2.13 bits per heavy atom. The summed E-state index contributed by atoms with van der Waals surface area (Å²) in [7, 11) is 1.89. The minimum Gasteiger partial charge on any atom is -0.351 e. The van der Waals surface area contributed by atoms with Gasteiger partial charge < -0.3 is 5.32 Å². The van der Waals surface area contributed by atoms with Crippen LogP contribution in [0.4, 0.5) is 0 Å². The molecule has 0 saturated carbocycles. The van der Waals surface area contributed by atoms with E-state index in [0.717, 1.165) is 16.3 Å². The molecular formula is C17H18N4OS. The summed E-state index contributed by atoms with van der Waals surface area (Å²) in [6, 6.07) is 9.24. The van der Waals surface area contributed by atoms with Crippen molar-refractivity contribution >= 4 is 17.2 Å². The fourth-order valence-electron chi connectivity index (χ4n) is 2.22. The van der Waals surface area contributed by atoms with Crippen LogP contribution >= 0.6 is 11.3 Å². The first-order valence-corrected chi connectivity index (χ1v) is 8.29. The number of aryl methyl sites for hydroxylation is 1. The highest BCUT2D eigenvalue weighted by atomic mass is 32.1. The molecule has 0 fully saturated rings. The van der Waals surface area contributed by atoms with Crippen molar-refractivity contribution in [2.24, 2.45) is 7.05 Å². The topological polar surface area (TPSA) is 59.8 Å². The van der Waals surface area contributed by atoms with Crippen molar-refractivity contribution < 1.29 is 4.79 Å². The monoisotopic (exact) mass is 326 g/mol. The van der Waals surface area contributed by atoms with Gasteiger partial charge >= 0.3 is 0 Å². The first-order valence-electron chi connectivity index (χ1n) is 7.41. The molecule has 6 heteroatoms. The summed E-state index contributed by atoms with van der Waals surface area (Å²) in [4.78, 5) is 16.7. The molecule has 0 bridgehead atoms. The number of nitrogens with one attached hydrogen (secondary N) is 1. The molecule has 5 nitrogen and oxygen atoms in total. The fraction of sp³-hybridized carbons (Fsp3) is 0.235. The lowest BCUT2D eigenvalue weighted by Crippen LogP contribution is -2.27. The predicted molar refractivity (Wildman–Crippen MR) is 91.5 cm³/mol. The molecule has 1 unspecified atom stereocenters. The molecule has 3 rings (SSSR count). The Labute approximate surface area is 139 Å². The number of thiazole rings is 1. The molecule has 0 aliphatic heterocycles. The van der Waals surface area contributed by atoms with Crippen LogP contribution in [0.5, 0.6) is 0 Å². The molecule has 0 saturated heterocycles. The molecule has 0 aliphatic rings. The van der Waals surface area contributed by atoms with Gasteiger partial charge in [0.15, 0.2) is 0 Å². The number of hydrogen-bond acceptors (Lipinski definition) is 4. The van der Waals surface area contributed by atoms with E-state index in [1.165, 1.54) is 0 Å². The predicted octanol–water partition coefficient (Wildman–Crippen LogP) is 3.08. The normalized spacial score (nSPS) is 12.1. The smallest absolute Gasteiger partial charge is 0.251 e. The van der Waals surface area contributed by atoms with Gasteiger partial charge in [0.2, 0.25) is 0 Å². The highest BCUT2D eigenvalue weighted by molar-refractivity contribution is 7.10. The van der Waals surface area contributed by atoms with E-state index in [4.69, 9.17) is 0 Å². The van der Waals surface area contributed by atoms with Crippen LogP contribution in [0.1, 0.15) is 28.2 Å². The molecule has 1 aromatic carbocycles. The molecule has 1 atom stereocenters. The summed E-state index contributed by atoms with van der Waals surface area (Å²) in [6.07, 6.45) is 3.75. The number of aromatic nitrogens is 3. The number of nitrogens with zero attached hydrogens (tertiary/aromatic N) is 3. The Balaban J connectivity index is 1.62. The summed E-state index contributed by atoms with van der Waals surface area (Å²) in [5, 5.41) is 10.2.